The average Bonchev–Trinajstić information content (AvgIpc) is 2.85. The van der Waals surface area contributed by atoms with E-state index in [0.29, 0.717) is 11.8 Å². The molecule has 0 aliphatic rings. The van der Waals surface area contributed by atoms with Crippen LogP contribution < -0.4 is 5.56 Å². The number of hydrogen-bond acceptors (Lipinski definition) is 5. The Morgan fingerprint density at radius 1 is 1.43 bits per heavy atom. The van der Waals surface area contributed by atoms with Crippen LogP contribution in [-0.4, -0.2) is 21.6 Å². The summed E-state index contributed by atoms with van der Waals surface area (Å²) < 4.78 is 6.62. The molecule has 0 aliphatic heterocycles. The quantitative estimate of drug-likeness (QED) is 0.797. The lowest BCUT2D eigenvalue weighted by molar-refractivity contribution is -0.151. The first-order chi connectivity index (χ1) is 9.97. The van der Waals surface area contributed by atoms with Gasteiger partial charge in [-0.3, -0.25) is 9.36 Å². The predicted octanol–water partition coefficient (Wildman–Crippen LogP) is 2.92. The lowest BCUT2D eigenvalue weighted by atomic mass is 10.2. The topological polar surface area (TPSA) is 61.2 Å². The van der Waals surface area contributed by atoms with Crippen LogP contribution in [0.2, 0.25) is 0 Å². The van der Waals surface area contributed by atoms with Crippen LogP contribution in [0.5, 0.6) is 0 Å². The lowest BCUT2D eigenvalue weighted by Crippen LogP contribution is -2.31. The maximum atomic E-state index is 12.6. The van der Waals surface area contributed by atoms with Crippen LogP contribution in [0.3, 0.4) is 0 Å². The van der Waals surface area contributed by atoms with Gasteiger partial charge in [0.15, 0.2) is 0 Å². The van der Waals surface area contributed by atoms with Crippen LogP contribution >= 0.6 is 11.3 Å². The molecule has 0 saturated carbocycles. The molecule has 0 fully saturated rings. The fourth-order valence-electron chi connectivity index (χ4n) is 2.17. The maximum absolute atomic E-state index is 12.6. The molecule has 0 spiro atoms. The van der Waals surface area contributed by atoms with Crippen molar-refractivity contribution in [2.24, 2.45) is 0 Å². The molecule has 2 aromatic heterocycles. The maximum Gasteiger partial charge on any atom is 0.329 e. The summed E-state index contributed by atoms with van der Waals surface area (Å²) in [4.78, 5) is 30.9. The van der Waals surface area contributed by atoms with E-state index < -0.39 is 6.04 Å². The van der Waals surface area contributed by atoms with Crippen molar-refractivity contribution >= 4 is 27.5 Å². The number of thiophene rings is 1. The fraction of sp³-hybridized carbons (Fsp3) is 0.533. The van der Waals surface area contributed by atoms with E-state index in [0.717, 1.165) is 16.1 Å². The smallest absolute Gasteiger partial charge is 0.329 e. The zero-order valence-corrected chi connectivity index (χ0v) is 13.6. The molecule has 21 heavy (non-hydrogen) atoms. The summed E-state index contributed by atoms with van der Waals surface area (Å²) in [7, 11) is 0. The molecule has 0 radical (unpaired) electrons. The molecule has 5 nitrogen and oxygen atoms in total. The Morgan fingerprint density at radius 3 is 2.71 bits per heavy atom. The second-order valence-corrected chi connectivity index (χ2v) is 6.27. The van der Waals surface area contributed by atoms with Gasteiger partial charge >= 0.3 is 5.97 Å². The number of carbonyl (C=O) groups excluding carboxylic acids is 1. The second-order valence-electron chi connectivity index (χ2n) is 5.15. The van der Waals surface area contributed by atoms with Crippen LogP contribution in [0.25, 0.3) is 10.2 Å². The molecule has 2 heterocycles. The number of aromatic nitrogens is 2. The van der Waals surface area contributed by atoms with Gasteiger partial charge in [-0.2, -0.15) is 0 Å². The number of aryl methyl sites for hydroxylation is 1. The summed E-state index contributed by atoms with van der Waals surface area (Å²) in [6.07, 6.45) is 2.61. The molecule has 1 atom stereocenters. The SMILES string of the molecule is CCc1cc2c(=O)n(C(CC)C(=O)OC(C)C)cnc2s1. The Labute approximate surface area is 127 Å². The third-order valence-corrected chi connectivity index (χ3v) is 4.41. The van der Waals surface area contributed by atoms with Gasteiger partial charge in [0, 0.05) is 4.88 Å². The highest BCUT2D eigenvalue weighted by Crippen LogP contribution is 2.22. The van der Waals surface area contributed by atoms with E-state index in [1.54, 1.807) is 13.8 Å². The molecular formula is C15H20N2O3S. The lowest BCUT2D eigenvalue weighted by Gasteiger charge is -2.18. The highest BCUT2D eigenvalue weighted by atomic mass is 32.1. The van der Waals surface area contributed by atoms with Gasteiger partial charge in [-0.05, 0) is 32.8 Å². The van der Waals surface area contributed by atoms with E-state index in [4.69, 9.17) is 4.74 Å². The Balaban J connectivity index is 2.47. The van der Waals surface area contributed by atoms with Crippen molar-refractivity contribution in [3.8, 4) is 0 Å². The molecule has 0 N–H and O–H groups in total. The summed E-state index contributed by atoms with van der Waals surface area (Å²) in [6.45, 7) is 7.48. The van der Waals surface area contributed by atoms with E-state index in [2.05, 4.69) is 4.98 Å². The summed E-state index contributed by atoms with van der Waals surface area (Å²) in [6, 6.07) is 1.24. The van der Waals surface area contributed by atoms with Gasteiger partial charge in [-0.15, -0.1) is 11.3 Å². The van der Waals surface area contributed by atoms with Gasteiger partial charge in [0.1, 0.15) is 10.9 Å². The van der Waals surface area contributed by atoms with E-state index >= 15 is 0 Å². The Kier molecular flexibility index (Phi) is 4.77. The first kappa shape index (κ1) is 15.7. The van der Waals surface area contributed by atoms with Gasteiger partial charge < -0.3 is 4.74 Å². The highest BCUT2D eigenvalue weighted by molar-refractivity contribution is 7.18. The second kappa shape index (κ2) is 6.39. The van der Waals surface area contributed by atoms with Crippen molar-refractivity contribution in [2.45, 2.75) is 52.7 Å². The summed E-state index contributed by atoms with van der Waals surface area (Å²) in [5, 5.41) is 0.579. The van der Waals surface area contributed by atoms with Crippen molar-refractivity contribution < 1.29 is 9.53 Å². The fourth-order valence-corrected chi connectivity index (χ4v) is 3.10. The highest BCUT2D eigenvalue weighted by Gasteiger charge is 2.23. The zero-order valence-electron chi connectivity index (χ0n) is 12.8. The van der Waals surface area contributed by atoms with Crippen molar-refractivity contribution in [3.63, 3.8) is 0 Å². The van der Waals surface area contributed by atoms with E-state index in [1.165, 1.54) is 22.2 Å². The number of rotatable bonds is 5. The number of carbonyl (C=O) groups is 1. The minimum atomic E-state index is -0.623. The van der Waals surface area contributed by atoms with Crippen molar-refractivity contribution in [1.82, 2.24) is 9.55 Å². The van der Waals surface area contributed by atoms with Gasteiger partial charge in [0.05, 0.1) is 17.8 Å². The van der Waals surface area contributed by atoms with Crippen LogP contribution in [0, 0.1) is 0 Å². The monoisotopic (exact) mass is 308 g/mol. The Bertz CT molecular complexity index is 702. The van der Waals surface area contributed by atoms with Crippen LogP contribution in [-0.2, 0) is 16.0 Å². The van der Waals surface area contributed by atoms with Crippen molar-refractivity contribution in [3.05, 3.63) is 27.6 Å². The molecule has 0 saturated heterocycles. The van der Waals surface area contributed by atoms with E-state index in [1.807, 2.05) is 19.9 Å². The van der Waals surface area contributed by atoms with Crippen LogP contribution in [0.15, 0.2) is 17.2 Å². The molecular weight excluding hydrogens is 288 g/mol. The first-order valence-electron chi connectivity index (χ1n) is 7.17. The minimum Gasteiger partial charge on any atom is -0.461 e. The van der Waals surface area contributed by atoms with Crippen molar-refractivity contribution in [2.75, 3.05) is 0 Å². The Hall–Kier alpha value is -1.69. The molecule has 0 aromatic carbocycles. The minimum absolute atomic E-state index is 0.177. The van der Waals surface area contributed by atoms with Crippen LogP contribution in [0.1, 0.15) is 45.0 Å². The number of hydrogen-bond donors (Lipinski definition) is 0. The normalized spacial score (nSPS) is 12.8. The third kappa shape index (κ3) is 3.15. The standard InChI is InChI=1S/C15H20N2O3S/c1-5-10-7-11-13(21-10)16-8-17(14(11)18)12(6-2)15(19)20-9(3)4/h7-9,12H,5-6H2,1-4H3. The summed E-state index contributed by atoms with van der Waals surface area (Å²) >= 11 is 1.52. The number of fused-ring (bicyclic) bond motifs is 1. The van der Waals surface area contributed by atoms with Gasteiger partial charge in [0.25, 0.3) is 5.56 Å². The number of nitrogens with zero attached hydrogens (tertiary/aromatic N) is 2. The van der Waals surface area contributed by atoms with Crippen LogP contribution in [0.4, 0.5) is 0 Å². The van der Waals surface area contributed by atoms with Gasteiger partial charge in [-0.1, -0.05) is 13.8 Å². The zero-order chi connectivity index (χ0) is 15.6. The molecule has 2 rings (SSSR count). The molecule has 0 bridgehead atoms. The molecule has 114 valence electrons. The predicted molar refractivity (Wildman–Crippen MR) is 83.8 cm³/mol. The third-order valence-electron chi connectivity index (χ3n) is 3.22. The number of esters is 1. The van der Waals surface area contributed by atoms with Gasteiger partial charge in [0.2, 0.25) is 0 Å². The average molecular weight is 308 g/mol. The molecule has 1 unspecified atom stereocenters. The Morgan fingerprint density at radius 2 is 2.14 bits per heavy atom. The van der Waals surface area contributed by atoms with E-state index in [-0.39, 0.29) is 17.6 Å². The largest absolute Gasteiger partial charge is 0.461 e. The van der Waals surface area contributed by atoms with Gasteiger partial charge in [-0.25, -0.2) is 9.78 Å². The molecule has 0 aliphatic carbocycles. The molecule has 6 heteroatoms. The number of ether oxygens (including phenoxy) is 1. The van der Waals surface area contributed by atoms with Crippen molar-refractivity contribution in [1.29, 1.82) is 0 Å². The molecule has 0 amide bonds. The van der Waals surface area contributed by atoms with E-state index in [9.17, 15) is 9.59 Å². The first-order valence-corrected chi connectivity index (χ1v) is 7.99. The summed E-state index contributed by atoms with van der Waals surface area (Å²) in [5.41, 5.74) is -0.177. The summed E-state index contributed by atoms with van der Waals surface area (Å²) in [5.74, 6) is -0.387. The molecule has 2 aromatic rings.